The number of benzene rings is 1. The second kappa shape index (κ2) is 8.34. The Morgan fingerprint density at radius 1 is 1.07 bits per heavy atom. The van der Waals surface area contributed by atoms with Gasteiger partial charge in [0.15, 0.2) is 5.13 Å². The zero-order chi connectivity index (χ0) is 21.1. The highest BCUT2D eigenvalue weighted by molar-refractivity contribution is 7.14. The Bertz CT molecular complexity index is 1230. The number of rotatable bonds is 5. The Morgan fingerprint density at radius 2 is 1.93 bits per heavy atom. The van der Waals surface area contributed by atoms with E-state index >= 15 is 0 Å². The van der Waals surface area contributed by atoms with E-state index in [1.165, 1.54) is 36.8 Å². The van der Waals surface area contributed by atoms with E-state index in [-0.39, 0.29) is 16.8 Å². The molecule has 0 saturated carbocycles. The number of carbonyl (C=O) groups is 1. The SMILES string of the molecule is COc1cccc(-c2csc(NC(=O)c3cccnc3-c3ccc(F)cc3F)n2)n1. The second-order valence-electron chi connectivity index (χ2n) is 6.08. The minimum absolute atomic E-state index is 0.0301. The number of thiazole rings is 1. The molecule has 0 radical (unpaired) electrons. The molecule has 4 rings (SSSR count). The largest absolute Gasteiger partial charge is 0.481 e. The lowest BCUT2D eigenvalue weighted by Crippen LogP contribution is -2.14. The first-order valence-electron chi connectivity index (χ1n) is 8.74. The monoisotopic (exact) mass is 424 g/mol. The van der Waals surface area contributed by atoms with Crippen LogP contribution >= 0.6 is 11.3 Å². The van der Waals surface area contributed by atoms with E-state index in [1.54, 1.807) is 29.6 Å². The van der Waals surface area contributed by atoms with Gasteiger partial charge in [-0.05, 0) is 30.3 Å². The summed E-state index contributed by atoms with van der Waals surface area (Å²) < 4.78 is 32.6. The molecule has 9 heteroatoms. The van der Waals surface area contributed by atoms with Crippen LogP contribution in [0.3, 0.4) is 0 Å². The Labute approximate surface area is 174 Å². The molecule has 0 aliphatic carbocycles. The van der Waals surface area contributed by atoms with E-state index < -0.39 is 17.5 Å². The van der Waals surface area contributed by atoms with Crippen molar-refractivity contribution in [3.05, 3.63) is 77.3 Å². The van der Waals surface area contributed by atoms with Crippen LogP contribution in [-0.4, -0.2) is 28.0 Å². The number of anilines is 1. The standard InChI is InChI=1S/C21H14F2N4O2S/c1-29-18-6-2-5-16(25-18)17-11-30-21(26-17)27-20(28)14-4-3-9-24-19(14)13-8-7-12(22)10-15(13)23/h2-11H,1H3,(H,26,27,28). The first-order valence-corrected chi connectivity index (χ1v) is 9.62. The normalized spacial score (nSPS) is 10.6. The highest BCUT2D eigenvalue weighted by atomic mass is 32.1. The van der Waals surface area contributed by atoms with Crippen LogP contribution in [0.1, 0.15) is 10.4 Å². The molecule has 0 unspecified atom stereocenters. The van der Waals surface area contributed by atoms with Crippen molar-refractivity contribution in [1.29, 1.82) is 0 Å². The molecule has 1 amide bonds. The van der Waals surface area contributed by atoms with Crippen molar-refractivity contribution in [3.8, 4) is 28.5 Å². The zero-order valence-electron chi connectivity index (χ0n) is 15.6. The number of hydrogen-bond donors (Lipinski definition) is 1. The number of halogens is 2. The number of nitrogens with zero attached hydrogens (tertiary/aromatic N) is 3. The van der Waals surface area contributed by atoms with E-state index in [2.05, 4.69) is 20.3 Å². The molecule has 1 aromatic carbocycles. The minimum atomic E-state index is -0.802. The maximum Gasteiger partial charge on any atom is 0.259 e. The second-order valence-corrected chi connectivity index (χ2v) is 6.94. The zero-order valence-corrected chi connectivity index (χ0v) is 16.4. The van der Waals surface area contributed by atoms with Gasteiger partial charge in [-0.1, -0.05) is 6.07 Å². The summed E-state index contributed by atoms with van der Waals surface area (Å²) in [6, 6.07) is 11.5. The molecule has 0 atom stereocenters. The molecular formula is C21H14F2N4O2S. The number of pyridine rings is 2. The van der Waals surface area contributed by atoms with Gasteiger partial charge in [-0.25, -0.2) is 18.7 Å². The van der Waals surface area contributed by atoms with Crippen molar-refractivity contribution in [2.75, 3.05) is 12.4 Å². The first kappa shape index (κ1) is 19.6. The number of ether oxygens (including phenoxy) is 1. The molecule has 0 aliphatic heterocycles. The molecule has 4 aromatic rings. The van der Waals surface area contributed by atoms with Gasteiger partial charge in [0.05, 0.1) is 24.1 Å². The average Bonchev–Trinajstić information content (AvgIpc) is 3.22. The minimum Gasteiger partial charge on any atom is -0.481 e. The molecule has 6 nitrogen and oxygen atoms in total. The summed E-state index contributed by atoms with van der Waals surface area (Å²) in [5, 5.41) is 4.78. The van der Waals surface area contributed by atoms with E-state index in [9.17, 15) is 13.6 Å². The number of hydrogen-bond acceptors (Lipinski definition) is 6. The molecule has 3 heterocycles. The van der Waals surface area contributed by atoms with Crippen LogP contribution in [0.4, 0.5) is 13.9 Å². The van der Waals surface area contributed by atoms with Crippen molar-refractivity contribution in [2.24, 2.45) is 0 Å². The predicted octanol–water partition coefficient (Wildman–Crippen LogP) is 4.81. The number of methoxy groups -OCH3 is 1. The van der Waals surface area contributed by atoms with Crippen molar-refractivity contribution in [3.63, 3.8) is 0 Å². The van der Waals surface area contributed by atoms with Gasteiger partial charge in [0.1, 0.15) is 17.3 Å². The van der Waals surface area contributed by atoms with Gasteiger partial charge in [0.25, 0.3) is 5.91 Å². The van der Waals surface area contributed by atoms with E-state index in [0.29, 0.717) is 22.4 Å². The van der Waals surface area contributed by atoms with Gasteiger partial charge in [0.2, 0.25) is 5.88 Å². The fraction of sp³-hybridized carbons (Fsp3) is 0.0476. The first-order chi connectivity index (χ1) is 14.5. The molecule has 0 saturated heterocycles. The van der Waals surface area contributed by atoms with Crippen LogP contribution < -0.4 is 10.1 Å². The Balaban J connectivity index is 1.60. The quantitative estimate of drug-likeness (QED) is 0.498. The highest BCUT2D eigenvalue weighted by Crippen LogP contribution is 2.28. The Morgan fingerprint density at radius 3 is 2.73 bits per heavy atom. The summed E-state index contributed by atoms with van der Waals surface area (Å²) >= 11 is 1.22. The summed E-state index contributed by atoms with van der Waals surface area (Å²) in [7, 11) is 1.52. The molecule has 3 aromatic heterocycles. The smallest absolute Gasteiger partial charge is 0.259 e. The predicted molar refractivity (Wildman–Crippen MR) is 109 cm³/mol. The van der Waals surface area contributed by atoms with Gasteiger partial charge in [-0.15, -0.1) is 11.3 Å². The molecule has 150 valence electrons. The van der Waals surface area contributed by atoms with Crippen LogP contribution in [0, 0.1) is 11.6 Å². The van der Waals surface area contributed by atoms with E-state index in [1.807, 2.05) is 0 Å². The van der Waals surface area contributed by atoms with Crippen molar-refractivity contribution in [2.45, 2.75) is 0 Å². The van der Waals surface area contributed by atoms with Crippen LogP contribution in [0.5, 0.6) is 5.88 Å². The van der Waals surface area contributed by atoms with Gasteiger partial charge < -0.3 is 4.74 Å². The van der Waals surface area contributed by atoms with Crippen molar-refractivity contribution in [1.82, 2.24) is 15.0 Å². The molecular weight excluding hydrogens is 410 g/mol. The summed E-state index contributed by atoms with van der Waals surface area (Å²) in [4.78, 5) is 25.6. The molecule has 0 fully saturated rings. The Kier molecular flexibility index (Phi) is 5.44. The van der Waals surface area contributed by atoms with Crippen molar-refractivity contribution < 1.29 is 18.3 Å². The number of amides is 1. The molecule has 0 aliphatic rings. The summed E-state index contributed by atoms with van der Waals surface area (Å²) in [5.74, 6) is -1.57. The van der Waals surface area contributed by atoms with Crippen LogP contribution in [0.25, 0.3) is 22.6 Å². The number of carbonyl (C=O) groups excluding carboxylic acids is 1. The third-order valence-corrected chi connectivity index (χ3v) is 4.92. The summed E-state index contributed by atoms with van der Waals surface area (Å²) in [6.45, 7) is 0. The molecule has 1 N–H and O–H groups in total. The maximum absolute atomic E-state index is 14.2. The van der Waals surface area contributed by atoms with Crippen LogP contribution in [-0.2, 0) is 0 Å². The van der Waals surface area contributed by atoms with Crippen LogP contribution in [0.15, 0.2) is 60.1 Å². The number of nitrogens with one attached hydrogen (secondary N) is 1. The fourth-order valence-corrected chi connectivity index (χ4v) is 3.47. The third kappa shape index (κ3) is 4.01. The van der Waals surface area contributed by atoms with Gasteiger partial charge in [-0.2, -0.15) is 0 Å². The van der Waals surface area contributed by atoms with E-state index in [0.717, 1.165) is 12.1 Å². The lowest BCUT2D eigenvalue weighted by atomic mass is 10.0. The number of aromatic nitrogens is 3. The summed E-state index contributed by atoms with van der Waals surface area (Å²) in [6.07, 6.45) is 1.44. The van der Waals surface area contributed by atoms with E-state index in [4.69, 9.17) is 4.74 Å². The molecule has 0 bridgehead atoms. The third-order valence-electron chi connectivity index (χ3n) is 4.16. The fourth-order valence-electron chi connectivity index (χ4n) is 2.77. The summed E-state index contributed by atoms with van der Waals surface area (Å²) in [5.41, 5.74) is 1.45. The van der Waals surface area contributed by atoms with Gasteiger partial charge in [0, 0.05) is 29.3 Å². The Hall–Kier alpha value is -3.72. The van der Waals surface area contributed by atoms with Gasteiger partial charge >= 0.3 is 0 Å². The lowest BCUT2D eigenvalue weighted by Gasteiger charge is -2.09. The average molecular weight is 424 g/mol. The lowest BCUT2D eigenvalue weighted by molar-refractivity contribution is 0.102. The van der Waals surface area contributed by atoms with Crippen molar-refractivity contribution >= 4 is 22.4 Å². The molecule has 30 heavy (non-hydrogen) atoms. The van der Waals surface area contributed by atoms with Gasteiger partial charge in [-0.3, -0.25) is 15.1 Å². The highest BCUT2D eigenvalue weighted by Gasteiger charge is 2.18. The molecule has 0 spiro atoms. The maximum atomic E-state index is 14.2. The topological polar surface area (TPSA) is 77.0 Å². The van der Waals surface area contributed by atoms with Crippen LogP contribution in [0.2, 0.25) is 0 Å².